The number of aromatic amines is 1. The molecule has 0 bridgehead atoms. The zero-order chi connectivity index (χ0) is 16.7. The third-order valence-corrected chi connectivity index (χ3v) is 5.19. The van der Waals surface area contributed by atoms with Crippen LogP contribution in [0.5, 0.6) is 0 Å². The van der Waals surface area contributed by atoms with Crippen molar-refractivity contribution in [1.82, 2.24) is 9.71 Å². The van der Waals surface area contributed by atoms with Gasteiger partial charge in [0, 0.05) is 17.0 Å². The first-order chi connectivity index (χ1) is 10.1. The molecule has 0 aliphatic rings. The fourth-order valence-corrected chi connectivity index (χ4v) is 2.91. The summed E-state index contributed by atoms with van der Waals surface area (Å²) in [5.41, 5.74) is 0.452. The molecule has 0 amide bonds. The van der Waals surface area contributed by atoms with E-state index in [0.717, 1.165) is 0 Å². The van der Waals surface area contributed by atoms with Gasteiger partial charge in [0.05, 0.1) is 26.3 Å². The average Bonchev–Trinajstić information content (AvgIpc) is 2.38. The van der Waals surface area contributed by atoms with Gasteiger partial charge in [-0.1, -0.05) is 11.6 Å². The first kappa shape index (κ1) is 17.1. The highest BCUT2D eigenvalue weighted by molar-refractivity contribution is 7.84. The molecule has 2 rings (SSSR count). The van der Waals surface area contributed by atoms with Crippen LogP contribution >= 0.6 is 11.6 Å². The highest BCUT2D eigenvalue weighted by Gasteiger charge is 2.23. The van der Waals surface area contributed by atoms with Crippen LogP contribution in [-0.2, 0) is 11.0 Å². The van der Waals surface area contributed by atoms with Crippen molar-refractivity contribution in [2.75, 3.05) is 0 Å². The zero-order valence-corrected chi connectivity index (χ0v) is 14.4. The minimum absolute atomic E-state index is 0.00983. The summed E-state index contributed by atoms with van der Waals surface area (Å²) in [5.74, 6) is -0.586. The predicted molar refractivity (Wildman–Crippen MR) is 89.0 cm³/mol. The second kappa shape index (κ2) is 6.10. The fraction of sp³-hybridized carbons (Fsp3) is 0.400. The topological polar surface area (TPSA) is 62.0 Å². The van der Waals surface area contributed by atoms with E-state index in [4.69, 9.17) is 11.6 Å². The van der Waals surface area contributed by atoms with Crippen LogP contribution in [0.15, 0.2) is 23.0 Å². The first-order valence-corrected chi connectivity index (χ1v) is 8.32. The fourth-order valence-electron chi connectivity index (χ4n) is 1.94. The lowest BCUT2D eigenvalue weighted by Crippen LogP contribution is -2.36. The number of aromatic nitrogens is 1. The molecule has 7 heteroatoms. The van der Waals surface area contributed by atoms with Crippen molar-refractivity contribution < 1.29 is 8.60 Å². The van der Waals surface area contributed by atoms with Crippen LogP contribution < -0.4 is 10.3 Å². The van der Waals surface area contributed by atoms with Gasteiger partial charge in [-0.2, -0.15) is 0 Å². The normalized spacial score (nSPS) is 15.0. The van der Waals surface area contributed by atoms with Crippen LogP contribution in [0.1, 0.15) is 39.3 Å². The lowest BCUT2D eigenvalue weighted by molar-refractivity contribution is 0.614. The molecular weight excluding hydrogens is 327 g/mol. The molecule has 2 N–H and O–H groups in total. The van der Waals surface area contributed by atoms with Crippen LogP contribution in [0.25, 0.3) is 10.9 Å². The Kier molecular flexibility index (Phi) is 4.75. The Morgan fingerprint density at radius 3 is 2.55 bits per heavy atom. The Morgan fingerprint density at radius 1 is 1.32 bits per heavy atom. The van der Waals surface area contributed by atoms with E-state index in [9.17, 15) is 13.4 Å². The number of H-pyrrole nitrogens is 1. The van der Waals surface area contributed by atoms with E-state index < -0.39 is 27.6 Å². The molecular formula is C15H18ClFN2O2S. The van der Waals surface area contributed by atoms with E-state index in [1.54, 1.807) is 13.0 Å². The van der Waals surface area contributed by atoms with Gasteiger partial charge in [-0.25, -0.2) is 13.3 Å². The van der Waals surface area contributed by atoms with E-state index in [1.165, 1.54) is 12.1 Å². The summed E-state index contributed by atoms with van der Waals surface area (Å²) >= 11 is 5.77. The third-order valence-electron chi connectivity index (χ3n) is 3.22. The molecule has 0 radical (unpaired) electrons. The maximum absolute atomic E-state index is 13.4. The third kappa shape index (κ3) is 3.56. The van der Waals surface area contributed by atoms with Gasteiger partial charge < -0.3 is 4.98 Å². The second-order valence-electron chi connectivity index (χ2n) is 6.13. The number of fused-ring (bicyclic) bond motifs is 1. The lowest BCUT2D eigenvalue weighted by Gasteiger charge is -2.22. The molecule has 1 heterocycles. The maximum Gasteiger partial charge on any atom is 0.253 e. The summed E-state index contributed by atoms with van der Waals surface area (Å²) in [5, 5.41) is 0.612. The molecule has 0 aliphatic heterocycles. The largest absolute Gasteiger partial charge is 0.322 e. The van der Waals surface area contributed by atoms with Crippen LogP contribution in [0.4, 0.5) is 4.39 Å². The summed E-state index contributed by atoms with van der Waals surface area (Å²) in [7, 11) is -1.31. The van der Waals surface area contributed by atoms with Crippen molar-refractivity contribution in [3.05, 3.63) is 45.0 Å². The molecule has 1 aromatic carbocycles. The number of nitrogens with one attached hydrogen (secondary N) is 2. The molecule has 0 aliphatic carbocycles. The molecule has 4 nitrogen and oxygen atoms in total. The smallest absolute Gasteiger partial charge is 0.253 e. The van der Waals surface area contributed by atoms with E-state index in [-0.39, 0.29) is 10.6 Å². The van der Waals surface area contributed by atoms with Crippen molar-refractivity contribution in [1.29, 1.82) is 0 Å². The van der Waals surface area contributed by atoms with Gasteiger partial charge in [-0.05, 0) is 45.9 Å². The summed E-state index contributed by atoms with van der Waals surface area (Å²) < 4.78 is 28.0. The zero-order valence-electron chi connectivity index (χ0n) is 12.8. The summed E-state index contributed by atoms with van der Waals surface area (Å²) in [6.45, 7) is 7.28. The van der Waals surface area contributed by atoms with Crippen molar-refractivity contribution >= 4 is 33.5 Å². The Bertz CT molecular complexity index is 798. The van der Waals surface area contributed by atoms with Crippen molar-refractivity contribution in [3.63, 3.8) is 0 Å². The standard InChI is InChI=1S/C15H18ClFN2O2S/c1-8(19-22(21)15(2,3)4)10-5-9-6-11(16)12(17)7-13(9)18-14(10)20/h5-8,19H,1-4H3,(H,18,20)/t8-,22+/m0/s1. The number of pyridine rings is 1. The highest BCUT2D eigenvalue weighted by atomic mass is 35.5. The minimum Gasteiger partial charge on any atom is -0.322 e. The molecule has 0 saturated carbocycles. The summed E-state index contributed by atoms with van der Waals surface area (Å²) in [6, 6.07) is 3.86. The highest BCUT2D eigenvalue weighted by Crippen LogP contribution is 2.23. The number of hydrogen-bond donors (Lipinski definition) is 2. The maximum atomic E-state index is 13.4. The van der Waals surface area contributed by atoms with E-state index in [1.807, 2.05) is 20.8 Å². The van der Waals surface area contributed by atoms with Gasteiger partial charge in [0.1, 0.15) is 5.82 Å². The Morgan fingerprint density at radius 2 is 1.95 bits per heavy atom. The van der Waals surface area contributed by atoms with E-state index in [0.29, 0.717) is 16.5 Å². The molecule has 2 atom stereocenters. The number of hydrogen-bond acceptors (Lipinski definition) is 2. The average molecular weight is 345 g/mol. The van der Waals surface area contributed by atoms with Crippen molar-refractivity contribution in [2.45, 2.75) is 38.5 Å². The van der Waals surface area contributed by atoms with Gasteiger partial charge in [0.2, 0.25) is 0 Å². The molecule has 2 aromatic rings. The van der Waals surface area contributed by atoms with Gasteiger partial charge in [-0.15, -0.1) is 0 Å². The Labute approximate surface area is 135 Å². The van der Waals surface area contributed by atoms with Crippen molar-refractivity contribution in [2.24, 2.45) is 0 Å². The van der Waals surface area contributed by atoms with Crippen molar-refractivity contribution in [3.8, 4) is 0 Å². The molecule has 0 unspecified atom stereocenters. The Hall–Kier alpha value is -1.24. The van der Waals surface area contributed by atoms with Crippen LogP contribution in [0, 0.1) is 5.82 Å². The monoisotopic (exact) mass is 344 g/mol. The molecule has 0 fully saturated rings. The van der Waals surface area contributed by atoms with Gasteiger partial charge in [0.15, 0.2) is 0 Å². The quantitative estimate of drug-likeness (QED) is 0.896. The minimum atomic E-state index is -1.31. The molecule has 22 heavy (non-hydrogen) atoms. The summed E-state index contributed by atoms with van der Waals surface area (Å²) in [6.07, 6.45) is 0. The van der Waals surface area contributed by atoms with Crippen LogP contribution in [-0.4, -0.2) is 13.9 Å². The molecule has 120 valence electrons. The van der Waals surface area contributed by atoms with Gasteiger partial charge >= 0.3 is 0 Å². The Balaban J connectivity index is 2.43. The molecule has 1 aromatic heterocycles. The van der Waals surface area contributed by atoms with Crippen LogP contribution in [0.3, 0.4) is 0 Å². The predicted octanol–water partition coefficient (Wildman–Crippen LogP) is 3.43. The second-order valence-corrected chi connectivity index (χ2v) is 8.53. The summed E-state index contributed by atoms with van der Waals surface area (Å²) in [4.78, 5) is 14.8. The number of halogens is 2. The first-order valence-electron chi connectivity index (χ1n) is 6.79. The van der Waals surface area contributed by atoms with Gasteiger partial charge in [-0.3, -0.25) is 4.79 Å². The number of benzene rings is 1. The SMILES string of the molecule is C[C@H](N[S@](=O)C(C)(C)C)c1cc2cc(Cl)c(F)cc2[nH]c1=O. The van der Waals surface area contributed by atoms with E-state index in [2.05, 4.69) is 9.71 Å². The lowest BCUT2D eigenvalue weighted by atomic mass is 10.1. The molecule has 0 saturated heterocycles. The molecule has 0 spiro atoms. The van der Waals surface area contributed by atoms with Crippen LogP contribution in [0.2, 0.25) is 5.02 Å². The number of rotatable bonds is 3. The van der Waals surface area contributed by atoms with E-state index >= 15 is 0 Å². The van der Waals surface area contributed by atoms with Gasteiger partial charge in [0.25, 0.3) is 5.56 Å².